The van der Waals surface area contributed by atoms with Gasteiger partial charge in [0.1, 0.15) is 0 Å². The van der Waals surface area contributed by atoms with E-state index < -0.39 is 0 Å². The van der Waals surface area contributed by atoms with E-state index in [0.717, 1.165) is 44.1 Å². The fraction of sp³-hybridized carbons (Fsp3) is 0.706. The molecule has 0 atom stereocenters. The summed E-state index contributed by atoms with van der Waals surface area (Å²) in [5.41, 5.74) is 2.91. The molecule has 1 aromatic heterocycles. The molecule has 3 rings (SSSR count). The molecular formula is C17H27N3O. The number of aromatic nitrogens is 1. The van der Waals surface area contributed by atoms with Crippen LogP contribution in [0.1, 0.15) is 51.5 Å². The molecule has 1 aliphatic heterocycles. The lowest BCUT2D eigenvalue weighted by molar-refractivity contribution is 0.236. The number of nitrogens with zero attached hydrogens (tertiary/aromatic N) is 2. The normalized spacial score (nSPS) is 20.6. The van der Waals surface area contributed by atoms with Crippen LogP contribution in [0.3, 0.4) is 0 Å². The van der Waals surface area contributed by atoms with Crippen LogP contribution >= 0.6 is 0 Å². The molecule has 1 fully saturated rings. The molecule has 4 nitrogen and oxygen atoms in total. The van der Waals surface area contributed by atoms with Gasteiger partial charge in [-0.05, 0) is 24.7 Å². The van der Waals surface area contributed by atoms with Crippen molar-refractivity contribution in [2.24, 2.45) is 5.41 Å². The molecule has 0 bridgehead atoms. The first-order valence-electron chi connectivity index (χ1n) is 8.10. The second-order valence-electron chi connectivity index (χ2n) is 7.40. The van der Waals surface area contributed by atoms with Gasteiger partial charge in [-0.2, -0.15) is 0 Å². The maximum atomic E-state index is 5.46. The van der Waals surface area contributed by atoms with Crippen molar-refractivity contribution in [2.45, 2.75) is 59.2 Å². The van der Waals surface area contributed by atoms with Crippen LogP contribution in [0, 0.1) is 5.41 Å². The molecule has 0 unspecified atom stereocenters. The SMILES string of the molecule is CC(C)(C)C1=CCN(Cc2cc(CNC3CC3)no2)CC1. The summed E-state index contributed by atoms with van der Waals surface area (Å²) in [6.45, 7) is 10.7. The van der Waals surface area contributed by atoms with Crippen molar-refractivity contribution in [3.63, 3.8) is 0 Å². The molecule has 1 aliphatic carbocycles. The molecule has 2 aliphatic rings. The molecule has 116 valence electrons. The predicted molar refractivity (Wildman–Crippen MR) is 83.8 cm³/mol. The summed E-state index contributed by atoms with van der Waals surface area (Å²) in [7, 11) is 0. The average Bonchev–Trinajstić information content (AvgIpc) is 3.16. The highest BCUT2D eigenvalue weighted by molar-refractivity contribution is 5.15. The summed E-state index contributed by atoms with van der Waals surface area (Å²) < 4.78 is 5.46. The van der Waals surface area contributed by atoms with Gasteiger partial charge in [0.25, 0.3) is 0 Å². The third kappa shape index (κ3) is 4.17. The van der Waals surface area contributed by atoms with Crippen molar-refractivity contribution in [2.75, 3.05) is 13.1 Å². The molecular weight excluding hydrogens is 262 g/mol. The highest BCUT2D eigenvalue weighted by atomic mass is 16.5. The van der Waals surface area contributed by atoms with E-state index in [2.05, 4.69) is 48.3 Å². The smallest absolute Gasteiger partial charge is 0.151 e. The third-order valence-electron chi connectivity index (χ3n) is 4.39. The zero-order valence-electron chi connectivity index (χ0n) is 13.5. The van der Waals surface area contributed by atoms with Gasteiger partial charge in [-0.1, -0.05) is 37.6 Å². The fourth-order valence-electron chi connectivity index (χ4n) is 2.81. The summed E-state index contributed by atoms with van der Waals surface area (Å²) in [5, 5.41) is 7.62. The molecule has 0 spiro atoms. The molecule has 0 aromatic carbocycles. The van der Waals surface area contributed by atoms with Gasteiger partial charge < -0.3 is 9.84 Å². The van der Waals surface area contributed by atoms with Gasteiger partial charge in [-0.15, -0.1) is 0 Å². The predicted octanol–water partition coefficient (Wildman–Crippen LogP) is 3.10. The first-order chi connectivity index (χ1) is 10.0. The van der Waals surface area contributed by atoms with Crippen molar-refractivity contribution >= 4 is 0 Å². The number of hydrogen-bond donors (Lipinski definition) is 1. The van der Waals surface area contributed by atoms with Crippen molar-refractivity contribution in [3.05, 3.63) is 29.2 Å². The minimum absolute atomic E-state index is 0.306. The topological polar surface area (TPSA) is 41.3 Å². The molecule has 4 heteroatoms. The Morgan fingerprint density at radius 3 is 2.81 bits per heavy atom. The molecule has 0 amide bonds. The second-order valence-corrected chi connectivity index (χ2v) is 7.40. The van der Waals surface area contributed by atoms with E-state index >= 15 is 0 Å². The van der Waals surface area contributed by atoms with Gasteiger partial charge >= 0.3 is 0 Å². The first-order valence-corrected chi connectivity index (χ1v) is 8.10. The summed E-state index contributed by atoms with van der Waals surface area (Å²) in [5.74, 6) is 0.982. The van der Waals surface area contributed by atoms with E-state index in [4.69, 9.17) is 4.52 Å². The highest BCUT2D eigenvalue weighted by Crippen LogP contribution is 2.30. The molecule has 21 heavy (non-hydrogen) atoms. The molecule has 0 radical (unpaired) electrons. The average molecular weight is 289 g/mol. The summed E-state index contributed by atoms with van der Waals surface area (Å²) >= 11 is 0. The van der Waals surface area contributed by atoms with Gasteiger partial charge in [0.05, 0.1) is 12.2 Å². The maximum Gasteiger partial charge on any atom is 0.151 e. The number of hydrogen-bond acceptors (Lipinski definition) is 4. The zero-order valence-corrected chi connectivity index (χ0v) is 13.5. The van der Waals surface area contributed by atoms with Crippen LogP contribution in [-0.4, -0.2) is 29.2 Å². The van der Waals surface area contributed by atoms with Gasteiger partial charge in [0.15, 0.2) is 5.76 Å². The van der Waals surface area contributed by atoms with E-state index in [9.17, 15) is 0 Å². The van der Waals surface area contributed by atoms with Crippen LogP contribution in [0.2, 0.25) is 0 Å². The first kappa shape index (κ1) is 14.8. The molecule has 1 N–H and O–H groups in total. The standard InChI is InChI=1S/C17H27N3O/c1-17(2,3)13-6-8-20(9-7-13)12-16-10-15(19-21-16)11-18-14-4-5-14/h6,10,14,18H,4-5,7-9,11-12H2,1-3H3. The second kappa shape index (κ2) is 5.93. The van der Waals surface area contributed by atoms with Gasteiger partial charge in [-0.3, -0.25) is 4.90 Å². The minimum Gasteiger partial charge on any atom is -0.360 e. The van der Waals surface area contributed by atoms with Crippen molar-refractivity contribution < 1.29 is 4.52 Å². The third-order valence-corrected chi connectivity index (χ3v) is 4.39. The Kier molecular flexibility index (Phi) is 4.18. The van der Waals surface area contributed by atoms with Crippen molar-refractivity contribution in [3.8, 4) is 0 Å². The Hall–Kier alpha value is -1.13. The number of nitrogens with one attached hydrogen (secondary N) is 1. The van der Waals surface area contributed by atoms with E-state index in [1.54, 1.807) is 5.57 Å². The van der Waals surface area contributed by atoms with Crippen molar-refractivity contribution in [1.82, 2.24) is 15.4 Å². The van der Waals surface area contributed by atoms with E-state index in [1.165, 1.54) is 12.8 Å². The van der Waals surface area contributed by atoms with Gasteiger partial charge in [0, 0.05) is 31.7 Å². The van der Waals surface area contributed by atoms with E-state index in [-0.39, 0.29) is 0 Å². The summed E-state index contributed by atoms with van der Waals surface area (Å²) in [4.78, 5) is 2.42. The van der Waals surface area contributed by atoms with Crippen molar-refractivity contribution in [1.29, 1.82) is 0 Å². The summed E-state index contributed by atoms with van der Waals surface area (Å²) in [6.07, 6.45) is 6.16. The van der Waals surface area contributed by atoms with Crippen LogP contribution < -0.4 is 5.32 Å². The van der Waals surface area contributed by atoms with E-state index in [1.807, 2.05) is 0 Å². The molecule has 0 saturated heterocycles. The lowest BCUT2D eigenvalue weighted by Crippen LogP contribution is -2.30. The Balaban J connectivity index is 1.49. The van der Waals surface area contributed by atoms with Crippen LogP contribution in [0.25, 0.3) is 0 Å². The number of rotatable bonds is 5. The Morgan fingerprint density at radius 1 is 1.38 bits per heavy atom. The molecule has 1 saturated carbocycles. The lowest BCUT2D eigenvalue weighted by atomic mass is 9.83. The zero-order chi connectivity index (χ0) is 14.9. The molecule has 1 aromatic rings. The van der Waals surface area contributed by atoms with Crippen LogP contribution in [0.5, 0.6) is 0 Å². The van der Waals surface area contributed by atoms with E-state index in [0.29, 0.717) is 11.5 Å². The van der Waals surface area contributed by atoms with Gasteiger partial charge in [0.2, 0.25) is 0 Å². The molecule has 2 heterocycles. The Morgan fingerprint density at radius 2 is 2.19 bits per heavy atom. The summed E-state index contributed by atoms with van der Waals surface area (Å²) in [6, 6.07) is 2.81. The fourth-order valence-corrected chi connectivity index (χ4v) is 2.81. The quantitative estimate of drug-likeness (QED) is 0.846. The maximum absolute atomic E-state index is 5.46. The minimum atomic E-state index is 0.306. The van der Waals surface area contributed by atoms with Gasteiger partial charge in [-0.25, -0.2) is 0 Å². The Bertz CT molecular complexity index is 508. The lowest BCUT2D eigenvalue weighted by Gasteiger charge is -2.31. The highest BCUT2D eigenvalue weighted by Gasteiger charge is 2.23. The largest absolute Gasteiger partial charge is 0.360 e. The van der Waals surface area contributed by atoms with Crippen LogP contribution in [0.15, 0.2) is 22.2 Å². The Labute approximate surface area is 127 Å². The monoisotopic (exact) mass is 289 g/mol. The van der Waals surface area contributed by atoms with Crippen LogP contribution in [0.4, 0.5) is 0 Å². The van der Waals surface area contributed by atoms with Crippen LogP contribution in [-0.2, 0) is 13.1 Å².